The Morgan fingerprint density at radius 3 is 2.80 bits per heavy atom. The molecular formula is C20H26N4O. The van der Waals surface area contributed by atoms with Gasteiger partial charge in [0.15, 0.2) is 0 Å². The first-order valence-electron chi connectivity index (χ1n) is 8.98. The number of hydrogen-bond acceptors (Lipinski definition) is 4. The lowest BCUT2D eigenvalue weighted by atomic mass is 10.00. The second kappa shape index (κ2) is 8.21. The van der Waals surface area contributed by atoms with Crippen molar-refractivity contribution in [2.45, 2.75) is 45.7 Å². The highest BCUT2D eigenvalue weighted by atomic mass is 16.2. The highest BCUT2D eigenvalue weighted by Gasteiger charge is 2.27. The third-order valence-electron chi connectivity index (χ3n) is 5.05. The van der Waals surface area contributed by atoms with E-state index in [4.69, 9.17) is 0 Å². The number of aromatic nitrogens is 2. The van der Waals surface area contributed by atoms with Crippen molar-refractivity contribution in [2.75, 3.05) is 13.1 Å². The summed E-state index contributed by atoms with van der Waals surface area (Å²) in [4.78, 5) is 23.6. The number of nitrogens with zero attached hydrogens (tertiary/aromatic N) is 3. The fourth-order valence-electron chi connectivity index (χ4n) is 3.42. The molecule has 1 aliphatic heterocycles. The Labute approximate surface area is 149 Å². The van der Waals surface area contributed by atoms with Crippen LogP contribution in [0.25, 0.3) is 0 Å². The number of carbonyl (C=O) groups is 1. The molecule has 0 radical (unpaired) electrons. The second-order valence-corrected chi connectivity index (χ2v) is 6.76. The first-order chi connectivity index (χ1) is 12.2. The number of hydrogen-bond donors (Lipinski definition) is 1. The van der Waals surface area contributed by atoms with Gasteiger partial charge in [0.25, 0.3) is 5.91 Å². The Morgan fingerprint density at radius 1 is 1.20 bits per heavy atom. The van der Waals surface area contributed by atoms with E-state index < -0.39 is 0 Å². The summed E-state index contributed by atoms with van der Waals surface area (Å²) in [5.74, 6) is 0.108. The molecule has 1 atom stereocenters. The SMILES string of the molecule is Cc1cccc(C(=O)N(Cc2cncnc2)[C@@H]2CCCNCC2)c1C. The topological polar surface area (TPSA) is 58.1 Å². The number of aryl methyl sites for hydroxylation is 1. The molecular weight excluding hydrogens is 312 g/mol. The summed E-state index contributed by atoms with van der Waals surface area (Å²) >= 11 is 0. The van der Waals surface area contributed by atoms with Gasteiger partial charge in [-0.3, -0.25) is 4.79 Å². The number of benzene rings is 1. The molecule has 1 N–H and O–H groups in total. The van der Waals surface area contributed by atoms with Gasteiger partial charge in [-0.25, -0.2) is 9.97 Å². The molecule has 1 aromatic carbocycles. The molecule has 2 aromatic rings. The minimum absolute atomic E-state index is 0.108. The summed E-state index contributed by atoms with van der Waals surface area (Å²) in [5.41, 5.74) is 3.98. The van der Waals surface area contributed by atoms with E-state index in [0.29, 0.717) is 6.54 Å². The van der Waals surface area contributed by atoms with Gasteiger partial charge in [-0.15, -0.1) is 0 Å². The molecule has 25 heavy (non-hydrogen) atoms. The van der Waals surface area contributed by atoms with E-state index in [0.717, 1.165) is 54.6 Å². The monoisotopic (exact) mass is 338 g/mol. The molecule has 5 nitrogen and oxygen atoms in total. The Morgan fingerprint density at radius 2 is 2.00 bits per heavy atom. The van der Waals surface area contributed by atoms with Crippen molar-refractivity contribution in [1.82, 2.24) is 20.2 Å². The number of rotatable bonds is 4. The van der Waals surface area contributed by atoms with Crippen LogP contribution in [-0.2, 0) is 6.54 Å². The maximum atomic E-state index is 13.4. The maximum absolute atomic E-state index is 13.4. The molecule has 2 heterocycles. The first-order valence-corrected chi connectivity index (χ1v) is 8.98. The summed E-state index contributed by atoms with van der Waals surface area (Å²) in [7, 11) is 0. The quantitative estimate of drug-likeness (QED) is 0.931. The lowest BCUT2D eigenvalue weighted by molar-refractivity contribution is 0.0644. The van der Waals surface area contributed by atoms with Gasteiger partial charge in [-0.05, 0) is 63.4 Å². The van der Waals surface area contributed by atoms with Crippen molar-refractivity contribution in [3.8, 4) is 0 Å². The highest BCUT2D eigenvalue weighted by Crippen LogP contribution is 2.22. The van der Waals surface area contributed by atoms with E-state index in [2.05, 4.69) is 28.3 Å². The molecule has 0 bridgehead atoms. The van der Waals surface area contributed by atoms with Crippen molar-refractivity contribution in [2.24, 2.45) is 0 Å². The van der Waals surface area contributed by atoms with Crippen molar-refractivity contribution < 1.29 is 4.79 Å². The van der Waals surface area contributed by atoms with Crippen LogP contribution in [0.2, 0.25) is 0 Å². The average molecular weight is 338 g/mol. The first kappa shape index (κ1) is 17.5. The van der Waals surface area contributed by atoms with Gasteiger partial charge in [0.1, 0.15) is 6.33 Å². The summed E-state index contributed by atoms with van der Waals surface area (Å²) < 4.78 is 0. The molecule has 0 aliphatic carbocycles. The van der Waals surface area contributed by atoms with Crippen molar-refractivity contribution in [3.05, 3.63) is 59.2 Å². The minimum atomic E-state index is 0.108. The van der Waals surface area contributed by atoms with Gasteiger partial charge >= 0.3 is 0 Å². The van der Waals surface area contributed by atoms with Gasteiger partial charge in [-0.1, -0.05) is 12.1 Å². The highest BCUT2D eigenvalue weighted by molar-refractivity contribution is 5.96. The standard InChI is InChI=1S/C20H26N4O/c1-15-5-3-7-19(16(15)2)20(25)24(13-17-11-22-14-23-12-17)18-6-4-9-21-10-8-18/h3,5,7,11-12,14,18,21H,4,6,8-10,13H2,1-2H3/t18-/m1/s1. The molecule has 0 saturated carbocycles. The van der Waals surface area contributed by atoms with Crippen LogP contribution in [0, 0.1) is 13.8 Å². The number of amides is 1. The minimum Gasteiger partial charge on any atom is -0.331 e. The van der Waals surface area contributed by atoms with Crippen molar-refractivity contribution in [1.29, 1.82) is 0 Å². The van der Waals surface area contributed by atoms with Crippen LogP contribution < -0.4 is 5.32 Å². The third kappa shape index (κ3) is 4.23. The van der Waals surface area contributed by atoms with Crippen molar-refractivity contribution in [3.63, 3.8) is 0 Å². The third-order valence-corrected chi connectivity index (χ3v) is 5.05. The number of carbonyl (C=O) groups excluding carboxylic acids is 1. The normalized spacial score (nSPS) is 17.8. The summed E-state index contributed by atoms with van der Waals surface area (Å²) in [6.45, 7) is 6.61. The Hall–Kier alpha value is -2.27. The van der Waals surface area contributed by atoms with Crippen LogP contribution in [0.15, 0.2) is 36.9 Å². The van der Waals surface area contributed by atoms with Gasteiger partial charge in [-0.2, -0.15) is 0 Å². The zero-order chi connectivity index (χ0) is 17.6. The molecule has 1 saturated heterocycles. The zero-order valence-electron chi connectivity index (χ0n) is 15.0. The van der Waals surface area contributed by atoms with Gasteiger partial charge < -0.3 is 10.2 Å². The van der Waals surface area contributed by atoms with Crippen LogP contribution in [0.4, 0.5) is 0 Å². The Bertz CT molecular complexity index is 709. The molecule has 1 aromatic heterocycles. The smallest absolute Gasteiger partial charge is 0.254 e. The molecule has 132 valence electrons. The number of nitrogens with one attached hydrogen (secondary N) is 1. The van der Waals surface area contributed by atoms with Crippen molar-refractivity contribution >= 4 is 5.91 Å². The molecule has 5 heteroatoms. The van der Waals surface area contributed by atoms with Crippen LogP contribution in [0.3, 0.4) is 0 Å². The predicted molar refractivity (Wildman–Crippen MR) is 98.3 cm³/mol. The van der Waals surface area contributed by atoms with Gasteiger partial charge in [0.2, 0.25) is 0 Å². The summed E-state index contributed by atoms with van der Waals surface area (Å²) in [6, 6.07) is 6.20. The van der Waals surface area contributed by atoms with E-state index >= 15 is 0 Å². The van der Waals surface area contributed by atoms with Crippen LogP contribution in [0.1, 0.15) is 46.3 Å². The maximum Gasteiger partial charge on any atom is 0.254 e. The molecule has 3 rings (SSSR count). The Kier molecular flexibility index (Phi) is 5.76. The zero-order valence-corrected chi connectivity index (χ0v) is 15.0. The summed E-state index contributed by atoms with van der Waals surface area (Å²) in [6.07, 6.45) is 8.21. The van der Waals surface area contributed by atoms with E-state index in [-0.39, 0.29) is 11.9 Å². The van der Waals surface area contributed by atoms with Crippen LogP contribution >= 0.6 is 0 Å². The summed E-state index contributed by atoms with van der Waals surface area (Å²) in [5, 5.41) is 3.43. The average Bonchev–Trinajstić information content (AvgIpc) is 2.92. The fraction of sp³-hybridized carbons (Fsp3) is 0.450. The van der Waals surface area contributed by atoms with E-state index in [1.54, 1.807) is 12.4 Å². The lowest BCUT2D eigenvalue weighted by Gasteiger charge is -2.32. The lowest BCUT2D eigenvalue weighted by Crippen LogP contribution is -2.40. The van der Waals surface area contributed by atoms with E-state index in [9.17, 15) is 4.79 Å². The Balaban J connectivity index is 1.91. The second-order valence-electron chi connectivity index (χ2n) is 6.76. The fourth-order valence-corrected chi connectivity index (χ4v) is 3.42. The molecule has 0 spiro atoms. The van der Waals surface area contributed by atoms with Gasteiger partial charge in [0.05, 0.1) is 0 Å². The largest absolute Gasteiger partial charge is 0.331 e. The van der Waals surface area contributed by atoms with E-state index in [1.165, 1.54) is 6.33 Å². The molecule has 1 aliphatic rings. The predicted octanol–water partition coefficient (Wildman–Crippen LogP) is 2.88. The van der Waals surface area contributed by atoms with E-state index in [1.807, 2.05) is 24.0 Å². The molecule has 0 unspecified atom stereocenters. The van der Waals surface area contributed by atoms with Gasteiger partial charge in [0, 0.05) is 36.1 Å². The van der Waals surface area contributed by atoms with Crippen LogP contribution in [0.5, 0.6) is 0 Å². The molecule has 1 amide bonds. The molecule has 1 fully saturated rings. The van der Waals surface area contributed by atoms with Crippen LogP contribution in [-0.4, -0.2) is 39.9 Å².